The van der Waals surface area contributed by atoms with Gasteiger partial charge in [0, 0.05) is 12.6 Å². The molecular weight excluding hydrogens is 553 g/mol. The van der Waals surface area contributed by atoms with Crippen molar-refractivity contribution in [3.8, 4) is 0 Å². The van der Waals surface area contributed by atoms with Crippen LogP contribution in [0.3, 0.4) is 0 Å². The lowest BCUT2D eigenvalue weighted by molar-refractivity contribution is -0.139. The van der Waals surface area contributed by atoms with E-state index in [0.29, 0.717) is 16.8 Å². The molecule has 3 aromatic carbocycles. The lowest BCUT2D eigenvalue weighted by atomic mass is 9.95. The van der Waals surface area contributed by atoms with Gasteiger partial charge in [0.2, 0.25) is 11.8 Å². The maximum absolute atomic E-state index is 14.1. The average molecular weight is 594 g/mol. The number of hydrogen-bond acceptors (Lipinski definition) is 4. The van der Waals surface area contributed by atoms with Gasteiger partial charge in [-0.15, -0.1) is 0 Å². The van der Waals surface area contributed by atoms with Gasteiger partial charge in [-0.25, -0.2) is 12.8 Å². The quantitative estimate of drug-likeness (QED) is 0.321. The van der Waals surface area contributed by atoms with Gasteiger partial charge in [-0.05, 0) is 82.0 Å². The standard InChI is InChI=1S/C33H40FN3O4S/c1-23-10-17-30(18-11-23)42(40,41)37(31-19-12-24(2)20-25(31)3)22-32(38)36(21-27-13-15-28(34)16-14-27)26(4)33(39)35-29-8-6-5-7-9-29/h10-20,26,29H,5-9,21-22H2,1-4H3,(H,35,39). The van der Waals surface area contributed by atoms with Crippen LogP contribution in [-0.4, -0.2) is 43.8 Å². The number of sulfonamides is 1. The summed E-state index contributed by atoms with van der Waals surface area (Å²) >= 11 is 0. The van der Waals surface area contributed by atoms with Gasteiger partial charge >= 0.3 is 0 Å². The van der Waals surface area contributed by atoms with E-state index in [1.807, 2.05) is 19.9 Å². The normalized spacial score (nSPS) is 14.7. The third-order valence-corrected chi connectivity index (χ3v) is 9.67. The van der Waals surface area contributed by atoms with Crippen molar-refractivity contribution in [1.29, 1.82) is 0 Å². The first-order valence-corrected chi connectivity index (χ1v) is 15.9. The van der Waals surface area contributed by atoms with Crippen LogP contribution in [0.4, 0.5) is 10.1 Å². The van der Waals surface area contributed by atoms with Gasteiger partial charge in [0.25, 0.3) is 10.0 Å². The first-order chi connectivity index (χ1) is 20.0. The van der Waals surface area contributed by atoms with E-state index in [2.05, 4.69) is 5.32 Å². The molecule has 224 valence electrons. The Labute approximate surface area is 248 Å². The third kappa shape index (κ3) is 7.56. The number of anilines is 1. The molecule has 1 unspecified atom stereocenters. The number of nitrogens with one attached hydrogen (secondary N) is 1. The van der Waals surface area contributed by atoms with Crippen molar-refractivity contribution in [2.24, 2.45) is 0 Å². The molecule has 1 aliphatic rings. The van der Waals surface area contributed by atoms with Gasteiger partial charge in [0.05, 0.1) is 10.6 Å². The number of hydrogen-bond donors (Lipinski definition) is 1. The van der Waals surface area contributed by atoms with Crippen molar-refractivity contribution >= 4 is 27.5 Å². The van der Waals surface area contributed by atoms with Gasteiger partial charge in [-0.2, -0.15) is 0 Å². The van der Waals surface area contributed by atoms with Gasteiger partial charge in [0.1, 0.15) is 18.4 Å². The fourth-order valence-corrected chi connectivity index (χ4v) is 6.85. The summed E-state index contributed by atoms with van der Waals surface area (Å²) in [4.78, 5) is 29.0. The summed E-state index contributed by atoms with van der Waals surface area (Å²) in [7, 11) is -4.15. The van der Waals surface area contributed by atoms with Crippen LogP contribution >= 0.6 is 0 Å². The van der Waals surface area contributed by atoms with Crippen molar-refractivity contribution in [3.63, 3.8) is 0 Å². The van der Waals surface area contributed by atoms with Crippen LogP contribution in [0.1, 0.15) is 61.3 Å². The monoisotopic (exact) mass is 593 g/mol. The Morgan fingerprint density at radius 2 is 1.52 bits per heavy atom. The molecule has 7 nitrogen and oxygen atoms in total. The number of halogens is 1. The van der Waals surface area contributed by atoms with Crippen molar-refractivity contribution in [1.82, 2.24) is 10.2 Å². The van der Waals surface area contributed by atoms with E-state index in [4.69, 9.17) is 0 Å². The Morgan fingerprint density at radius 1 is 0.905 bits per heavy atom. The number of aryl methyl sites for hydroxylation is 3. The van der Waals surface area contributed by atoms with Crippen LogP contribution in [0, 0.1) is 26.6 Å². The van der Waals surface area contributed by atoms with Crippen LogP contribution < -0.4 is 9.62 Å². The molecule has 0 aliphatic heterocycles. The van der Waals surface area contributed by atoms with E-state index in [1.54, 1.807) is 50.2 Å². The zero-order valence-electron chi connectivity index (χ0n) is 24.8. The maximum Gasteiger partial charge on any atom is 0.264 e. The zero-order valence-corrected chi connectivity index (χ0v) is 25.6. The molecular formula is C33H40FN3O4S. The Balaban J connectivity index is 1.69. The molecule has 0 aromatic heterocycles. The van der Waals surface area contributed by atoms with Crippen molar-refractivity contribution < 1.29 is 22.4 Å². The summed E-state index contributed by atoms with van der Waals surface area (Å²) in [6.45, 7) is 6.75. The highest BCUT2D eigenvalue weighted by Crippen LogP contribution is 2.28. The number of carbonyl (C=O) groups is 2. The molecule has 42 heavy (non-hydrogen) atoms. The summed E-state index contributed by atoms with van der Waals surface area (Å²) in [5.41, 5.74) is 3.58. The summed E-state index contributed by atoms with van der Waals surface area (Å²) in [5, 5.41) is 3.09. The molecule has 1 aliphatic carbocycles. The van der Waals surface area contributed by atoms with Crippen molar-refractivity contribution in [3.05, 3.63) is 94.8 Å². The number of benzene rings is 3. The van der Waals surface area contributed by atoms with Gasteiger partial charge in [-0.1, -0.05) is 66.8 Å². The molecule has 0 radical (unpaired) electrons. The number of rotatable bonds is 10. The molecule has 1 atom stereocenters. The second-order valence-electron chi connectivity index (χ2n) is 11.3. The third-order valence-electron chi connectivity index (χ3n) is 7.89. The fourth-order valence-electron chi connectivity index (χ4n) is 5.37. The predicted molar refractivity (Wildman–Crippen MR) is 163 cm³/mol. The molecule has 2 amide bonds. The number of nitrogens with zero attached hydrogens (tertiary/aromatic N) is 2. The first-order valence-electron chi connectivity index (χ1n) is 14.5. The van der Waals surface area contributed by atoms with Crippen LogP contribution in [0.2, 0.25) is 0 Å². The minimum absolute atomic E-state index is 0.0175. The van der Waals surface area contributed by atoms with E-state index in [0.717, 1.165) is 47.5 Å². The number of carbonyl (C=O) groups excluding carboxylic acids is 2. The fraction of sp³-hybridized carbons (Fsp3) is 0.394. The minimum atomic E-state index is -4.15. The van der Waals surface area contributed by atoms with Gasteiger partial charge in [-0.3, -0.25) is 13.9 Å². The van der Waals surface area contributed by atoms with E-state index < -0.39 is 34.3 Å². The van der Waals surface area contributed by atoms with Crippen molar-refractivity contribution in [2.45, 2.75) is 83.3 Å². The van der Waals surface area contributed by atoms with E-state index in [9.17, 15) is 22.4 Å². The highest BCUT2D eigenvalue weighted by molar-refractivity contribution is 7.92. The SMILES string of the molecule is Cc1ccc(S(=O)(=O)N(CC(=O)N(Cc2ccc(F)cc2)C(C)C(=O)NC2CCCCC2)c2ccc(C)cc2C)cc1. The summed E-state index contributed by atoms with van der Waals surface area (Å²) in [6, 6.07) is 16.8. The van der Waals surface area contributed by atoms with Gasteiger partial charge < -0.3 is 10.2 Å². The largest absolute Gasteiger partial charge is 0.352 e. The lowest BCUT2D eigenvalue weighted by Crippen LogP contribution is -2.53. The molecule has 4 rings (SSSR count). The summed E-state index contributed by atoms with van der Waals surface area (Å²) in [6.07, 6.45) is 5.00. The summed E-state index contributed by atoms with van der Waals surface area (Å²) in [5.74, 6) is -1.25. The minimum Gasteiger partial charge on any atom is -0.352 e. The molecule has 3 aromatic rings. The van der Waals surface area contributed by atoms with Gasteiger partial charge in [0.15, 0.2) is 0 Å². The highest BCUT2D eigenvalue weighted by atomic mass is 32.2. The molecule has 0 spiro atoms. The van der Waals surface area contributed by atoms with Crippen LogP contribution in [0.15, 0.2) is 71.6 Å². The number of amides is 2. The smallest absolute Gasteiger partial charge is 0.264 e. The molecule has 9 heteroatoms. The predicted octanol–water partition coefficient (Wildman–Crippen LogP) is 5.81. The zero-order chi connectivity index (χ0) is 30.4. The average Bonchev–Trinajstić information content (AvgIpc) is 2.96. The van der Waals surface area contributed by atoms with Crippen LogP contribution in [0.5, 0.6) is 0 Å². The highest BCUT2D eigenvalue weighted by Gasteiger charge is 2.33. The van der Waals surface area contributed by atoms with E-state index in [1.165, 1.54) is 29.2 Å². The molecule has 0 bridgehead atoms. The Hall–Kier alpha value is -3.72. The summed E-state index contributed by atoms with van der Waals surface area (Å²) < 4.78 is 42.8. The van der Waals surface area contributed by atoms with Crippen LogP contribution in [0.25, 0.3) is 0 Å². The topological polar surface area (TPSA) is 86.8 Å². The van der Waals surface area contributed by atoms with E-state index >= 15 is 0 Å². The second-order valence-corrected chi connectivity index (χ2v) is 13.1. The van der Waals surface area contributed by atoms with Crippen molar-refractivity contribution in [2.75, 3.05) is 10.8 Å². The Morgan fingerprint density at radius 3 is 2.14 bits per heavy atom. The molecule has 1 N–H and O–H groups in total. The van der Waals surface area contributed by atoms with Crippen LogP contribution in [-0.2, 0) is 26.2 Å². The Bertz CT molecular complexity index is 1500. The second kappa shape index (κ2) is 13.5. The molecule has 1 fully saturated rings. The molecule has 0 heterocycles. The molecule has 1 saturated carbocycles. The van der Waals surface area contributed by atoms with E-state index in [-0.39, 0.29) is 23.4 Å². The lowest BCUT2D eigenvalue weighted by Gasteiger charge is -2.33. The maximum atomic E-state index is 14.1. The molecule has 0 saturated heterocycles. The first kappa shape index (κ1) is 31.2. The Kier molecular flexibility index (Phi) is 10.0.